The number of pyridine rings is 1. The van der Waals surface area contributed by atoms with Gasteiger partial charge in [0.2, 0.25) is 0 Å². The van der Waals surface area contributed by atoms with Crippen LogP contribution in [-0.2, 0) is 6.54 Å². The predicted octanol–water partition coefficient (Wildman–Crippen LogP) is 5.48. The lowest BCUT2D eigenvalue weighted by atomic mass is 9.92. The number of benzene rings is 1. The van der Waals surface area contributed by atoms with Crippen LogP contribution in [0.2, 0.25) is 5.02 Å². The third kappa shape index (κ3) is 5.24. The summed E-state index contributed by atoms with van der Waals surface area (Å²) in [6.07, 6.45) is 5.85. The molecular formula is C27H29ClN6O2. The van der Waals surface area contributed by atoms with Gasteiger partial charge in [-0.05, 0) is 82.1 Å². The Balaban J connectivity index is 1.50. The number of hydrogen-bond acceptors (Lipinski definition) is 8. The van der Waals surface area contributed by atoms with E-state index in [4.69, 9.17) is 21.1 Å². The normalized spacial score (nSPS) is 14.9. The summed E-state index contributed by atoms with van der Waals surface area (Å²) in [4.78, 5) is 29.1. The van der Waals surface area contributed by atoms with Crippen LogP contribution in [0, 0.1) is 19.8 Å². The lowest BCUT2D eigenvalue weighted by Crippen LogP contribution is -2.31. The fraction of sp³-hybridized carbons (Fsp3) is 0.370. The van der Waals surface area contributed by atoms with Gasteiger partial charge in [0.1, 0.15) is 11.6 Å². The smallest absolute Gasteiger partial charge is 0.200 e. The molecule has 36 heavy (non-hydrogen) atoms. The molecule has 1 N–H and O–H groups in total. The van der Waals surface area contributed by atoms with E-state index >= 15 is 0 Å². The fourth-order valence-electron chi connectivity index (χ4n) is 4.80. The monoisotopic (exact) mass is 504 g/mol. The summed E-state index contributed by atoms with van der Waals surface area (Å²) in [6.45, 7) is 6.30. The molecule has 0 bridgehead atoms. The van der Waals surface area contributed by atoms with Crippen molar-refractivity contribution in [3.8, 4) is 11.1 Å². The fourth-order valence-corrected chi connectivity index (χ4v) is 4.99. The van der Waals surface area contributed by atoms with E-state index < -0.39 is 0 Å². The zero-order valence-electron chi connectivity index (χ0n) is 20.7. The Labute approximate surface area is 215 Å². The molecule has 186 valence electrons. The maximum atomic E-state index is 13.2. The van der Waals surface area contributed by atoms with Gasteiger partial charge in [-0.1, -0.05) is 22.8 Å². The Bertz CT molecular complexity index is 1390. The van der Waals surface area contributed by atoms with Crippen LogP contribution in [0.3, 0.4) is 0 Å². The van der Waals surface area contributed by atoms with Crippen LogP contribution < -0.4 is 5.32 Å². The number of piperidine rings is 1. The number of Topliss-reactive ketones (excluding diaryl/α,β-unsaturated/α-hetero) is 1. The molecule has 5 rings (SSSR count). The number of aromatic nitrogens is 4. The zero-order chi connectivity index (χ0) is 25.2. The third-order valence-corrected chi connectivity index (χ3v) is 7.01. The van der Waals surface area contributed by atoms with E-state index in [0.29, 0.717) is 35.2 Å². The highest BCUT2D eigenvalue weighted by Gasteiger charge is 2.23. The number of ketones is 1. The molecule has 0 radical (unpaired) electrons. The zero-order valence-corrected chi connectivity index (χ0v) is 21.5. The minimum atomic E-state index is -0.0197. The molecule has 3 aromatic heterocycles. The van der Waals surface area contributed by atoms with E-state index in [9.17, 15) is 4.79 Å². The van der Waals surface area contributed by atoms with Gasteiger partial charge in [-0.25, -0.2) is 9.97 Å². The van der Waals surface area contributed by atoms with Crippen molar-refractivity contribution in [2.75, 3.05) is 25.5 Å². The molecular weight excluding hydrogens is 476 g/mol. The summed E-state index contributed by atoms with van der Waals surface area (Å²) in [5, 5.41) is 8.86. The van der Waals surface area contributed by atoms with E-state index in [2.05, 4.69) is 32.4 Å². The van der Waals surface area contributed by atoms with E-state index in [1.807, 2.05) is 38.1 Å². The average Bonchev–Trinajstić information content (AvgIpc) is 3.21. The topological polar surface area (TPSA) is 97.0 Å². The van der Waals surface area contributed by atoms with Gasteiger partial charge in [0.25, 0.3) is 0 Å². The first-order valence-corrected chi connectivity index (χ1v) is 12.6. The first-order chi connectivity index (χ1) is 17.4. The molecule has 1 aliphatic rings. The number of likely N-dealkylation sites (tertiary alicyclic amines) is 1. The number of fused-ring (bicyclic) bond motifs is 1. The minimum Gasteiger partial charge on any atom is -0.365 e. The van der Waals surface area contributed by atoms with Crippen LogP contribution in [0.15, 0.2) is 41.2 Å². The van der Waals surface area contributed by atoms with Crippen LogP contribution >= 0.6 is 11.6 Å². The number of rotatable bonds is 7. The lowest BCUT2D eigenvalue weighted by Gasteiger charge is -2.28. The van der Waals surface area contributed by atoms with Crippen molar-refractivity contribution < 1.29 is 9.32 Å². The Morgan fingerprint density at radius 3 is 2.69 bits per heavy atom. The second kappa shape index (κ2) is 10.3. The van der Waals surface area contributed by atoms with Crippen LogP contribution in [0.25, 0.3) is 22.0 Å². The molecule has 1 aliphatic heterocycles. The van der Waals surface area contributed by atoms with E-state index in [1.54, 1.807) is 12.4 Å². The number of carbonyl (C=O) groups is 1. The summed E-state index contributed by atoms with van der Waals surface area (Å²) in [5.74, 6) is 1.94. The van der Waals surface area contributed by atoms with Gasteiger partial charge in [0.05, 0.1) is 16.2 Å². The molecule has 0 spiro atoms. The maximum Gasteiger partial charge on any atom is 0.200 e. The SMILES string of the molecule is Cc1noc(C)c1-c1ccc2nc(C(=O)CC3CCN(C)CC3)nc(NCc3cncc(Cl)c3)c2c1. The van der Waals surface area contributed by atoms with E-state index in [1.165, 1.54) is 0 Å². The number of nitrogens with one attached hydrogen (secondary N) is 1. The summed E-state index contributed by atoms with van der Waals surface area (Å²) in [6, 6.07) is 7.78. The first-order valence-electron chi connectivity index (χ1n) is 12.2. The van der Waals surface area contributed by atoms with Crippen LogP contribution in [0.4, 0.5) is 5.82 Å². The molecule has 4 aromatic rings. The Kier molecular flexibility index (Phi) is 6.98. The number of aryl methyl sites for hydroxylation is 2. The molecule has 9 heteroatoms. The molecule has 1 fully saturated rings. The molecule has 1 aromatic carbocycles. The van der Waals surface area contributed by atoms with E-state index in [0.717, 1.165) is 59.5 Å². The third-order valence-electron chi connectivity index (χ3n) is 6.80. The predicted molar refractivity (Wildman–Crippen MR) is 140 cm³/mol. The van der Waals surface area contributed by atoms with Gasteiger partial charge in [0.15, 0.2) is 11.6 Å². The second-order valence-corrected chi connectivity index (χ2v) is 10.0. The number of hydrogen-bond donors (Lipinski definition) is 1. The molecule has 1 saturated heterocycles. The highest BCUT2D eigenvalue weighted by Crippen LogP contribution is 2.32. The van der Waals surface area contributed by atoms with Crippen molar-refractivity contribution in [1.29, 1.82) is 0 Å². The highest BCUT2D eigenvalue weighted by atomic mass is 35.5. The Morgan fingerprint density at radius 1 is 1.17 bits per heavy atom. The number of nitrogens with zero attached hydrogens (tertiary/aromatic N) is 5. The number of halogens is 1. The molecule has 8 nitrogen and oxygen atoms in total. The minimum absolute atomic E-state index is 0.0197. The van der Waals surface area contributed by atoms with Crippen molar-refractivity contribution in [3.05, 3.63) is 64.5 Å². The maximum absolute atomic E-state index is 13.2. The standard InChI is InChI=1S/C27H29ClN6O2/c1-16-25(17(2)36-33-16)20-4-5-23-22(12-20)26(30-14-19-10-21(28)15-29-13-19)32-27(31-23)24(35)11-18-6-8-34(3)9-7-18/h4-5,10,12-13,15,18H,6-9,11,14H2,1-3H3,(H,30,31,32). The van der Waals surface area contributed by atoms with Gasteiger partial charge in [-0.15, -0.1) is 0 Å². The van der Waals surface area contributed by atoms with Crippen LogP contribution in [0.5, 0.6) is 0 Å². The second-order valence-electron chi connectivity index (χ2n) is 9.57. The molecule has 0 unspecified atom stereocenters. The van der Waals surface area contributed by atoms with Gasteiger partial charge in [-0.3, -0.25) is 9.78 Å². The first kappa shape index (κ1) is 24.3. The quantitative estimate of drug-likeness (QED) is 0.330. The molecule has 0 saturated carbocycles. The van der Waals surface area contributed by atoms with E-state index in [-0.39, 0.29) is 11.6 Å². The summed E-state index contributed by atoms with van der Waals surface area (Å²) < 4.78 is 5.37. The largest absolute Gasteiger partial charge is 0.365 e. The number of anilines is 1. The van der Waals surface area contributed by atoms with Gasteiger partial charge < -0.3 is 14.7 Å². The average molecular weight is 505 g/mol. The van der Waals surface area contributed by atoms with Crippen molar-refractivity contribution >= 4 is 34.1 Å². The van der Waals surface area contributed by atoms with Gasteiger partial charge in [-0.2, -0.15) is 0 Å². The van der Waals surface area contributed by atoms with Gasteiger partial charge in [0, 0.05) is 36.3 Å². The lowest BCUT2D eigenvalue weighted by molar-refractivity contribution is 0.0926. The Morgan fingerprint density at radius 2 is 1.97 bits per heavy atom. The van der Waals surface area contributed by atoms with Crippen molar-refractivity contribution in [3.63, 3.8) is 0 Å². The highest BCUT2D eigenvalue weighted by molar-refractivity contribution is 6.30. The summed E-state index contributed by atoms with van der Waals surface area (Å²) in [7, 11) is 2.12. The summed E-state index contributed by atoms with van der Waals surface area (Å²) in [5.41, 5.74) is 4.34. The van der Waals surface area contributed by atoms with Crippen LogP contribution in [0.1, 0.15) is 46.9 Å². The van der Waals surface area contributed by atoms with Crippen molar-refractivity contribution in [2.45, 2.75) is 39.7 Å². The summed E-state index contributed by atoms with van der Waals surface area (Å²) >= 11 is 6.12. The molecule has 0 aliphatic carbocycles. The molecule has 4 heterocycles. The van der Waals surface area contributed by atoms with Crippen molar-refractivity contribution in [1.82, 2.24) is 25.0 Å². The van der Waals surface area contributed by atoms with Crippen LogP contribution in [-0.4, -0.2) is 50.9 Å². The molecule has 0 atom stereocenters. The Hall–Kier alpha value is -3.36. The van der Waals surface area contributed by atoms with Crippen molar-refractivity contribution in [2.24, 2.45) is 5.92 Å². The molecule has 0 amide bonds. The number of carbonyl (C=O) groups excluding carboxylic acids is 1. The van der Waals surface area contributed by atoms with Gasteiger partial charge >= 0.3 is 0 Å².